The Balaban J connectivity index is 1.31. The molecule has 0 unspecified atom stereocenters. The molecule has 1 aromatic heterocycles. The number of aromatic nitrogens is 1. The van der Waals surface area contributed by atoms with E-state index in [-0.39, 0.29) is 11.9 Å². The molecule has 8 heteroatoms. The molecular weight excluding hydrogens is 612 g/mol. The first-order valence-electron chi connectivity index (χ1n) is 16.3. The smallest absolute Gasteiger partial charge is 0.348 e. The molecule has 6 rings (SSSR count). The van der Waals surface area contributed by atoms with E-state index in [1.807, 2.05) is 110 Å². The average Bonchev–Trinajstić information content (AvgIpc) is 3.12. The number of benzene rings is 5. The van der Waals surface area contributed by atoms with Crippen LogP contribution in [0.1, 0.15) is 27.8 Å². The summed E-state index contributed by atoms with van der Waals surface area (Å²) in [5, 5.41) is 3.58. The van der Waals surface area contributed by atoms with Crippen molar-refractivity contribution in [2.24, 2.45) is 0 Å². The second kappa shape index (κ2) is 15.3. The second-order valence-corrected chi connectivity index (χ2v) is 12.2. The van der Waals surface area contributed by atoms with Crippen LogP contribution in [0.2, 0.25) is 0 Å². The molecule has 6 aromatic rings. The average molecular weight is 653 g/mol. The number of ether oxygens (including phenoxy) is 1. The lowest BCUT2D eigenvalue weighted by atomic mass is 10.0. The van der Waals surface area contributed by atoms with Gasteiger partial charge < -0.3 is 24.3 Å². The molecule has 8 nitrogen and oxygen atoms in total. The number of hydrogen-bond acceptors (Lipinski definition) is 7. The Hall–Kier alpha value is -5.89. The molecule has 0 aliphatic rings. The number of likely N-dealkylation sites (N-methyl/N-ethyl adjacent to an activating group) is 1. The van der Waals surface area contributed by atoms with Gasteiger partial charge in [0.05, 0.1) is 18.0 Å². The maximum absolute atomic E-state index is 13.9. The molecule has 0 saturated heterocycles. The summed E-state index contributed by atoms with van der Waals surface area (Å²) in [6, 6.07) is 41.0. The Morgan fingerprint density at radius 3 is 1.86 bits per heavy atom. The molecule has 1 N–H and O–H groups in total. The van der Waals surface area contributed by atoms with E-state index in [0.29, 0.717) is 37.0 Å². The quantitative estimate of drug-likeness (QED) is 0.139. The largest absolute Gasteiger partial charge is 0.497 e. The number of nitrogens with one attached hydrogen (secondary N) is 1. The number of anilines is 2. The summed E-state index contributed by atoms with van der Waals surface area (Å²) in [5.74, 6) is 0.567. The van der Waals surface area contributed by atoms with Crippen LogP contribution in [-0.2, 0) is 30.8 Å². The van der Waals surface area contributed by atoms with Crippen LogP contribution in [0.3, 0.4) is 0 Å². The minimum absolute atomic E-state index is 0.00458. The zero-order valence-electron chi connectivity index (χ0n) is 28.0. The standard InChI is InChI=1S/C41H40N4O4/c1-29-37(45(27-32-15-9-5-10-16-32)28-33-17-11-6-12-18-33)24-23-35-38(29)40(47)49-41(42-35)43-36(25-30-19-21-34(48-3)22-20-30)39(46)44(2)26-31-13-7-4-8-14-31/h4-24,36H,25-28H2,1-3H3,(H,42,43)/t36-/m0/s1. The van der Waals surface area contributed by atoms with Crippen molar-refractivity contribution in [2.75, 3.05) is 24.4 Å². The Bertz CT molecular complexity index is 2010. The number of carbonyl (C=O) groups is 1. The summed E-state index contributed by atoms with van der Waals surface area (Å²) < 4.78 is 11.1. The van der Waals surface area contributed by atoms with Crippen LogP contribution in [0, 0.1) is 6.92 Å². The van der Waals surface area contributed by atoms with Gasteiger partial charge in [0.25, 0.3) is 6.01 Å². The van der Waals surface area contributed by atoms with Crippen LogP contribution in [-0.4, -0.2) is 36.0 Å². The Labute approximate surface area is 286 Å². The van der Waals surface area contributed by atoms with Gasteiger partial charge in [-0.1, -0.05) is 103 Å². The summed E-state index contributed by atoms with van der Waals surface area (Å²) in [7, 11) is 3.38. The van der Waals surface area contributed by atoms with Gasteiger partial charge in [-0.25, -0.2) is 4.79 Å². The Morgan fingerprint density at radius 2 is 1.31 bits per heavy atom. The van der Waals surface area contributed by atoms with E-state index < -0.39 is 11.7 Å². The first-order valence-corrected chi connectivity index (χ1v) is 16.3. The molecule has 49 heavy (non-hydrogen) atoms. The zero-order valence-corrected chi connectivity index (χ0v) is 28.0. The lowest BCUT2D eigenvalue weighted by Crippen LogP contribution is -2.42. The van der Waals surface area contributed by atoms with Crippen molar-refractivity contribution in [1.82, 2.24) is 9.88 Å². The lowest BCUT2D eigenvalue weighted by molar-refractivity contribution is -0.131. The van der Waals surface area contributed by atoms with Crippen molar-refractivity contribution < 1.29 is 13.9 Å². The van der Waals surface area contributed by atoms with Crippen LogP contribution in [0.25, 0.3) is 10.9 Å². The van der Waals surface area contributed by atoms with E-state index in [1.54, 1.807) is 19.1 Å². The molecule has 1 amide bonds. The van der Waals surface area contributed by atoms with E-state index in [0.717, 1.165) is 39.3 Å². The van der Waals surface area contributed by atoms with Gasteiger partial charge in [0, 0.05) is 38.8 Å². The van der Waals surface area contributed by atoms with Gasteiger partial charge in [0.2, 0.25) is 5.91 Å². The molecule has 0 fully saturated rings. The Morgan fingerprint density at radius 1 is 0.755 bits per heavy atom. The van der Waals surface area contributed by atoms with Gasteiger partial charge in [-0.05, 0) is 59.0 Å². The fourth-order valence-corrected chi connectivity index (χ4v) is 6.09. The van der Waals surface area contributed by atoms with Crippen LogP contribution in [0.15, 0.2) is 137 Å². The summed E-state index contributed by atoms with van der Waals surface area (Å²) in [5.41, 5.74) is 5.93. The molecule has 0 radical (unpaired) electrons. The molecule has 1 heterocycles. The van der Waals surface area contributed by atoms with E-state index >= 15 is 0 Å². The van der Waals surface area contributed by atoms with E-state index in [2.05, 4.69) is 34.5 Å². The minimum atomic E-state index is -0.747. The van der Waals surface area contributed by atoms with Crippen LogP contribution in [0.4, 0.5) is 11.7 Å². The predicted molar refractivity (Wildman–Crippen MR) is 195 cm³/mol. The van der Waals surface area contributed by atoms with Crippen molar-refractivity contribution >= 4 is 28.5 Å². The zero-order chi connectivity index (χ0) is 34.2. The number of aryl methyl sites for hydroxylation is 1. The second-order valence-electron chi connectivity index (χ2n) is 12.2. The monoisotopic (exact) mass is 652 g/mol. The van der Waals surface area contributed by atoms with Gasteiger partial charge in [-0.3, -0.25) is 4.79 Å². The normalized spacial score (nSPS) is 11.6. The molecule has 5 aromatic carbocycles. The lowest BCUT2D eigenvalue weighted by Gasteiger charge is -2.27. The van der Waals surface area contributed by atoms with Gasteiger partial charge in [-0.15, -0.1) is 0 Å². The number of amides is 1. The van der Waals surface area contributed by atoms with Gasteiger partial charge in [0.1, 0.15) is 11.8 Å². The molecule has 248 valence electrons. The fraction of sp³-hybridized carbons (Fsp3) is 0.195. The van der Waals surface area contributed by atoms with Crippen LogP contribution >= 0.6 is 0 Å². The number of fused-ring (bicyclic) bond motifs is 1. The summed E-state index contributed by atoms with van der Waals surface area (Å²) in [6.45, 7) is 3.68. The molecule has 0 aliphatic heterocycles. The molecule has 1 atom stereocenters. The van der Waals surface area contributed by atoms with Crippen LogP contribution < -0.4 is 20.6 Å². The Kier molecular flexibility index (Phi) is 10.3. The van der Waals surface area contributed by atoms with E-state index in [9.17, 15) is 9.59 Å². The van der Waals surface area contributed by atoms with Crippen molar-refractivity contribution in [3.8, 4) is 5.75 Å². The first-order chi connectivity index (χ1) is 23.9. The maximum Gasteiger partial charge on any atom is 0.348 e. The third kappa shape index (κ3) is 8.16. The number of nitrogens with zero attached hydrogens (tertiary/aromatic N) is 3. The van der Waals surface area contributed by atoms with Crippen molar-refractivity contribution in [3.63, 3.8) is 0 Å². The molecule has 0 bridgehead atoms. The first kappa shape index (κ1) is 33.0. The molecule has 0 saturated carbocycles. The topological polar surface area (TPSA) is 87.9 Å². The van der Waals surface area contributed by atoms with E-state index in [1.165, 1.54) is 0 Å². The van der Waals surface area contributed by atoms with Crippen molar-refractivity contribution in [1.29, 1.82) is 0 Å². The van der Waals surface area contributed by atoms with Gasteiger partial charge >= 0.3 is 5.63 Å². The third-order valence-corrected chi connectivity index (χ3v) is 8.64. The molecule has 0 aliphatic carbocycles. The highest BCUT2D eigenvalue weighted by molar-refractivity contribution is 5.88. The number of carbonyl (C=O) groups excluding carboxylic acids is 1. The van der Waals surface area contributed by atoms with Crippen molar-refractivity contribution in [3.05, 3.63) is 166 Å². The number of methoxy groups -OCH3 is 1. The predicted octanol–water partition coefficient (Wildman–Crippen LogP) is 7.39. The maximum atomic E-state index is 13.9. The highest BCUT2D eigenvalue weighted by Crippen LogP contribution is 2.29. The summed E-state index contributed by atoms with van der Waals surface area (Å²) >= 11 is 0. The third-order valence-electron chi connectivity index (χ3n) is 8.64. The SMILES string of the molecule is COc1ccc(C[C@H](Nc2nc3ccc(N(Cc4ccccc4)Cc4ccccc4)c(C)c3c(=O)o2)C(=O)N(C)Cc2ccccc2)cc1. The van der Waals surface area contributed by atoms with E-state index in [4.69, 9.17) is 14.1 Å². The molecule has 0 spiro atoms. The van der Waals surface area contributed by atoms with Gasteiger partial charge in [-0.2, -0.15) is 4.98 Å². The van der Waals surface area contributed by atoms with Crippen molar-refractivity contribution in [2.45, 2.75) is 39.0 Å². The highest BCUT2D eigenvalue weighted by Gasteiger charge is 2.25. The van der Waals surface area contributed by atoms with Gasteiger partial charge in [0.15, 0.2) is 0 Å². The molecular formula is C41H40N4O4. The summed E-state index contributed by atoms with van der Waals surface area (Å²) in [4.78, 5) is 36.2. The summed E-state index contributed by atoms with van der Waals surface area (Å²) in [6.07, 6.45) is 0.345. The number of rotatable bonds is 13. The number of hydrogen-bond donors (Lipinski definition) is 1. The van der Waals surface area contributed by atoms with Crippen LogP contribution in [0.5, 0.6) is 5.75 Å². The minimum Gasteiger partial charge on any atom is -0.497 e. The highest BCUT2D eigenvalue weighted by atomic mass is 16.5. The fourth-order valence-electron chi connectivity index (χ4n) is 6.09.